The minimum atomic E-state index is 0.884. The van der Waals surface area contributed by atoms with Crippen molar-refractivity contribution in [3.8, 4) is 33.4 Å². The lowest BCUT2D eigenvalue weighted by molar-refractivity contribution is 0.669. The maximum absolute atomic E-state index is 6.42. The molecule has 0 aliphatic carbocycles. The molecule has 0 unspecified atom stereocenters. The van der Waals surface area contributed by atoms with E-state index in [0.29, 0.717) is 0 Å². The normalized spacial score (nSPS) is 11.6. The van der Waals surface area contributed by atoms with E-state index in [1.807, 2.05) is 23.5 Å². The fourth-order valence-electron chi connectivity index (χ4n) is 8.19. The van der Waals surface area contributed by atoms with Crippen molar-refractivity contribution in [3.05, 3.63) is 200 Å². The van der Waals surface area contributed by atoms with Gasteiger partial charge in [0.15, 0.2) is 0 Å². The summed E-state index contributed by atoms with van der Waals surface area (Å²) in [6.45, 7) is 0. The number of thiophene rings is 1. The molecule has 2 nitrogen and oxygen atoms in total. The molecule has 11 aromatic rings. The van der Waals surface area contributed by atoms with Gasteiger partial charge >= 0.3 is 0 Å². The van der Waals surface area contributed by atoms with E-state index in [2.05, 4.69) is 193 Å². The molecule has 9 aromatic carbocycles. The molecule has 2 aromatic heterocycles. The molecule has 2 heterocycles. The quantitative estimate of drug-likeness (QED) is 0.170. The number of benzene rings is 9. The number of nitrogens with zero attached hydrogens (tertiary/aromatic N) is 1. The Morgan fingerprint density at radius 3 is 1.93 bits per heavy atom. The Balaban J connectivity index is 1.18. The van der Waals surface area contributed by atoms with Gasteiger partial charge in [0.25, 0.3) is 0 Å². The second-order valence-corrected chi connectivity index (χ2v) is 15.2. The van der Waals surface area contributed by atoms with Crippen molar-refractivity contribution < 1.29 is 4.42 Å². The molecule has 0 saturated carbocycles. The fourth-order valence-corrected chi connectivity index (χ4v) is 9.33. The van der Waals surface area contributed by atoms with Gasteiger partial charge in [0.1, 0.15) is 11.2 Å². The molecule has 0 bridgehead atoms. The van der Waals surface area contributed by atoms with E-state index in [1.165, 1.54) is 36.5 Å². The first-order valence-corrected chi connectivity index (χ1v) is 19.5. The summed E-state index contributed by atoms with van der Waals surface area (Å²) >= 11 is 1.85. The van der Waals surface area contributed by atoms with Gasteiger partial charge in [-0.05, 0) is 87.6 Å². The van der Waals surface area contributed by atoms with Crippen LogP contribution < -0.4 is 4.90 Å². The summed E-state index contributed by atoms with van der Waals surface area (Å²) in [5.74, 6) is 0. The van der Waals surface area contributed by atoms with Crippen molar-refractivity contribution in [2.24, 2.45) is 0 Å². The minimum absolute atomic E-state index is 0.884. The Bertz CT molecular complexity index is 3230. The maximum atomic E-state index is 6.42. The van der Waals surface area contributed by atoms with E-state index in [0.717, 1.165) is 66.8 Å². The second-order valence-electron chi connectivity index (χ2n) is 14.1. The van der Waals surface area contributed by atoms with Crippen LogP contribution in [0.2, 0.25) is 0 Å². The Kier molecular flexibility index (Phi) is 7.39. The molecule has 3 heteroatoms. The molecule has 0 amide bonds. The number of hydrogen-bond donors (Lipinski definition) is 0. The molecule has 0 N–H and O–H groups in total. The smallest absolute Gasteiger partial charge is 0.136 e. The van der Waals surface area contributed by atoms with Gasteiger partial charge in [0.2, 0.25) is 0 Å². The molecule has 0 fully saturated rings. The first-order chi connectivity index (χ1) is 27.2. The summed E-state index contributed by atoms with van der Waals surface area (Å²) in [5, 5.41) is 7.30. The molecular formula is C52H33NOS. The van der Waals surface area contributed by atoms with Crippen molar-refractivity contribution in [1.82, 2.24) is 0 Å². The van der Waals surface area contributed by atoms with E-state index in [1.54, 1.807) is 0 Å². The van der Waals surface area contributed by atoms with Crippen LogP contribution in [0.4, 0.5) is 17.1 Å². The fraction of sp³-hybridized carbons (Fsp3) is 0. The summed E-state index contributed by atoms with van der Waals surface area (Å²) in [5.41, 5.74) is 12.0. The Morgan fingerprint density at radius 1 is 0.345 bits per heavy atom. The van der Waals surface area contributed by atoms with Crippen LogP contribution >= 0.6 is 11.3 Å². The third-order valence-electron chi connectivity index (χ3n) is 10.9. The number of para-hydroxylation sites is 2. The van der Waals surface area contributed by atoms with E-state index >= 15 is 0 Å². The van der Waals surface area contributed by atoms with Crippen LogP contribution in [0.3, 0.4) is 0 Å². The van der Waals surface area contributed by atoms with E-state index in [-0.39, 0.29) is 0 Å². The molecule has 0 aliphatic rings. The van der Waals surface area contributed by atoms with Crippen molar-refractivity contribution in [2.45, 2.75) is 0 Å². The predicted octanol–water partition coefficient (Wildman–Crippen LogP) is 15.6. The summed E-state index contributed by atoms with van der Waals surface area (Å²) < 4.78 is 8.98. The Morgan fingerprint density at radius 2 is 1.00 bits per heavy atom. The van der Waals surface area contributed by atoms with Gasteiger partial charge in [-0.15, -0.1) is 11.3 Å². The van der Waals surface area contributed by atoms with Crippen LogP contribution in [0.5, 0.6) is 0 Å². The topological polar surface area (TPSA) is 16.4 Å². The van der Waals surface area contributed by atoms with Gasteiger partial charge in [-0.3, -0.25) is 0 Å². The lowest BCUT2D eigenvalue weighted by Crippen LogP contribution is -2.12. The monoisotopic (exact) mass is 719 g/mol. The average Bonchev–Trinajstić information content (AvgIpc) is 3.82. The highest BCUT2D eigenvalue weighted by Crippen LogP contribution is 2.48. The van der Waals surface area contributed by atoms with Gasteiger partial charge in [-0.25, -0.2) is 0 Å². The van der Waals surface area contributed by atoms with Crippen LogP contribution in [0, 0.1) is 0 Å². The highest BCUT2D eigenvalue weighted by Gasteiger charge is 2.23. The molecule has 55 heavy (non-hydrogen) atoms. The average molecular weight is 720 g/mol. The summed E-state index contributed by atoms with van der Waals surface area (Å²) in [6.07, 6.45) is 0. The summed E-state index contributed by atoms with van der Waals surface area (Å²) in [7, 11) is 0. The van der Waals surface area contributed by atoms with Gasteiger partial charge in [0.05, 0.1) is 11.4 Å². The largest absolute Gasteiger partial charge is 0.456 e. The Hall–Kier alpha value is -6.94. The van der Waals surface area contributed by atoms with Crippen LogP contribution in [-0.2, 0) is 0 Å². The lowest BCUT2D eigenvalue weighted by Gasteiger charge is -2.30. The van der Waals surface area contributed by atoms with Gasteiger partial charge < -0.3 is 9.32 Å². The van der Waals surface area contributed by atoms with Crippen LogP contribution in [0.25, 0.3) is 86.3 Å². The maximum Gasteiger partial charge on any atom is 0.136 e. The van der Waals surface area contributed by atoms with Gasteiger partial charge in [-0.2, -0.15) is 0 Å². The van der Waals surface area contributed by atoms with Crippen molar-refractivity contribution >= 4 is 81.3 Å². The molecule has 0 saturated heterocycles. The van der Waals surface area contributed by atoms with Gasteiger partial charge in [-0.1, -0.05) is 146 Å². The molecule has 0 radical (unpaired) electrons. The zero-order valence-electron chi connectivity index (χ0n) is 29.8. The number of anilines is 3. The molecule has 0 atom stereocenters. The summed E-state index contributed by atoms with van der Waals surface area (Å²) in [6, 6.07) is 72.4. The van der Waals surface area contributed by atoms with E-state index < -0.39 is 0 Å². The molecule has 0 spiro atoms. The Labute approximate surface area is 322 Å². The number of hydrogen-bond acceptors (Lipinski definition) is 3. The van der Waals surface area contributed by atoms with Crippen LogP contribution in [0.15, 0.2) is 205 Å². The second kappa shape index (κ2) is 12.9. The predicted molar refractivity (Wildman–Crippen MR) is 235 cm³/mol. The first-order valence-electron chi connectivity index (χ1n) is 18.7. The standard InChI is InChI=1S/C52H33NOS/c1-2-13-35(14-3-1)42-27-24-38(37-23-22-34-12-4-5-15-36(34)30-37)31-48(42)53(40-26-29-46-45-18-8-11-21-51(45)55-52(46)33-40)47-19-9-6-16-41(47)39-25-28-44-43-17-7-10-20-49(43)54-50(44)32-39/h1-33H. The third kappa shape index (κ3) is 5.40. The zero-order valence-corrected chi connectivity index (χ0v) is 30.6. The van der Waals surface area contributed by atoms with E-state index in [4.69, 9.17) is 4.42 Å². The minimum Gasteiger partial charge on any atom is -0.456 e. The third-order valence-corrected chi connectivity index (χ3v) is 12.0. The van der Waals surface area contributed by atoms with Crippen LogP contribution in [-0.4, -0.2) is 0 Å². The van der Waals surface area contributed by atoms with Crippen molar-refractivity contribution in [1.29, 1.82) is 0 Å². The highest BCUT2D eigenvalue weighted by atomic mass is 32.1. The molecular weight excluding hydrogens is 687 g/mol. The number of rotatable bonds is 6. The molecule has 258 valence electrons. The van der Waals surface area contributed by atoms with E-state index in [9.17, 15) is 0 Å². The number of furan rings is 1. The summed E-state index contributed by atoms with van der Waals surface area (Å²) in [4.78, 5) is 2.47. The highest BCUT2D eigenvalue weighted by molar-refractivity contribution is 7.25. The molecule has 11 rings (SSSR count). The number of fused-ring (bicyclic) bond motifs is 7. The zero-order chi connectivity index (χ0) is 36.3. The SMILES string of the molecule is c1ccc(-c2ccc(-c3ccc4ccccc4c3)cc2N(c2ccc3c(c2)sc2ccccc23)c2ccccc2-c2ccc3c(c2)oc2ccccc23)cc1. The van der Waals surface area contributed by atoms with Crippen LogP contribution in [0.1, 0.15) is 0 Å². The molecule has 0 aliphatic heterocycles. The van der Waals surface area contributed by atoms with Gasteiger partial charge in [0, 0.05) is 47.8 Å². The lowest BCUT2D eigenvalue weighted by atomic mass is 9.94. The van der Waals surface area contributed by atoms with Crippen molar-refractivity contribution in [3.63, 3.8) is 0 Å². The first kappa shape index (κ1) is 31.6. The van der Waals surface area contributed by atoms with Crippen molar-refractivity contribution in [2.75, 3.05) is 4.90 Å².